The van der Waals surface area contributed by atoms with Crippen molar-refractivity contribution in [3.63, 3.8) is 0 Å². The maximum absolute atomic E-state index is 12.5. The highest BCUT2D eigenvalue weighted by Gasteiger charge is 2.18. The van der Waals surface area contributed by atoms with E-state index in [0.717, 1.165) is 67.3 Å². The minimum atomic E-state index is -0.162. The van der Waals surface area contributed by atoms with Gasteiger partial charge in [-0.05, 0) is 30.3 Å². The number of carbonyl (C=O) groups is 1. The molecule has 8 heteroatoms. The molecule has 0 unspecified atom stereocenters. The highest BCUT2D eigenvalue weighted by molar-refractivity contribution is 6.05. The molecule has 154 valence electrons. The van der Waals surface area contributed by atoms with E-state index in [0.29, 0.717) is 11.2 Å². The van der Waals surface area contributed by atoms with Gasteiger partial charge < -0.3 is 15.4 Å². The van der Waals surface area contributed by atoms with Crippen LogP contribution in [0.5, 0.6) is 0 Å². The number of para-hydroxylation sites is 2. The number of aromatic nitrogens is 3. The first kappa shape index (κ1) is 18.8. The Morgan fingerprint density at radius 1 is 1.10 bits per heavy atom. The number of fused-ring (bicyclic) bond motifs is 5. The molecule has 0 radical (unpaired) electrons. The van der Waals surface area contributed by atoms with E-state index < -0.39 is 0 Å². The molecule has 0 atom stereocenters. The fourth-order valence-corrected chi connectivity index (χ4v) is 3.96. The number of benzene rings is 1. The van der Waals surface area contributed by atoms with Gasteiger partial charge in [0, 0.05) is 38.6 Å². The van der Waals surface area contributed by atoms with E-state index in [4.69, 9.17) is 14.7 Å². The summed E-state index contributed by atoms with van der Waals surface area (Å²) >= 11 is 0. The molecule has 1 saturated heterocycles. The molecule has 1 fully saturated rings. The normalized spacial score (nSPS) is 15.1. The van der Waals surface area contributed by atoms with Crippen LogP contribution in [0.3, 0.4) is 0 Å². The quantitative estimate of drug-likeness (QED) is 0.530. The Balaban J connectivity index is 1.55. The van der Waals surface area contributed by atoms with E-state index in [-0.39, 0.29) is 5.91 Å². The van der Waals surface area contributed by atoms with Gasteiger partial charge in [0.05, 0.1) is 29.8 Å². The molecule has 4 heterocycles. The molecule has 0 bridgehead atoms. The molecule has 8 nitrogen and oxygen atoms in total. The second-order valence-electron chi connectivity index (χ2n) is 7.39. The third-order valence-electron chi connectivity index (χ3n) is 5.53. The van der Waals surface area contributed by atoms with Crippen molar-refractivity contribution in [2.75, 3.05) is 51.8 Å². The van der Waals surface area contributed by atoms with Crippen LogP contribution in [0.2, 0.25) is 0 Å². The molecule has 5 rings (SSSR count). The van der Waals surface area contributed by atoms with Crippen molar-refractivity contribution in [2.45, 2.75) is 0 Å². The van der Waals surface area contributed by atoms with Gasteiger partial charge in [-0.1, -0.05) is 12.1 Å². The summed E-state index contributed by atoms with van der Waals surface area (Å²) in [5.74, 6) is 0.646. The van der Waals surface area contributed by atoms with E-state index in [1.165, 1.54) is 0 Å². The van der Waals surface area contributed by atoms with Crippen molar-refractivity contribution < 1.29 is 9.53 Å². The summed E-state index contributed by atoms with van der Waals surface area (Å²) in [4.78, 5) is 24.5. The number of imidazole rings is 1. The summed E-state index contributed by atoms with van der Waals surface area (Å²) in [5.41, 5.74) is 3.70. The molecule has 1 aromatic carbocycles. The summed E-state index contributed by atoms with van der Waals surface area (Å²) in [5, 5.41) is 7.04. The monoisotopic (exact) mass is 404 g/mol. The van der Waals surface area contributed by atoms with Crippen molar-refractivity contribution >= 4 is 39.4 Å². The maximum Gasteiger partial charge on any atom is 0.254 e. The molecule has 1 aliphatic rings. The van der Waals surface area contributed by atoms with Crippen molar-refractivity contribution in [3.8, 4) is 0 Å². The van der Waals surface area contributed by atoms with Gasteiger partial charge in [-0.3, -0.25) is 14.1 Å². The predicted octanol–water partition coefficient (Wildman–Crippen LogP) is 2.14. The number of nitrogens with one attached hydrogen (secondary N) is 2. The molecule has 4 aromatic rings. The number of hydrogen-bond acceptors (Lipinski definition) is 6. The van der Waals surface area contributed by atoms with Crippen LogP contribution in [0.4, 0.5) is 5.82 Å². The minimum Gasteiger partial charge on any atom is -0.379 e. The van der Waals surface area contributed by atoms with E-state index in [1.54, 1.807) is 7.05 Å². The molecule has 2 N–H and O–H groups in total. The largest absolute Gasteiger partial charge is 0.379 e. The first-order valence-electron chi connectivity index (χ1n) is 10.2. The number of ether oxygens (including phenoxy) is 1. The van der Waals surface area contributed by atoms with Gasteiger partial charge in [0.15, 0.2) is 5.65 Å². The number of hydrogen-bond donors (Lipinski definition) is 2. The average Bonchev–Trinajstić information content (AvgIpc) is 3.19. The van der Waals surface area contributed by atoms with Crippen LogP contribution in [-0.4, -0.2) is 71.6 Å². The highest BCUT2D eigenvalue weighted by Crippen LogP contribution is 2.26. The fourth-order valence-electron chi connectivity index (χ4n) is 3.96. The molecule has 30 heavy (non-hydrogen) atoms. The van der Waals surface area contributed by atoms with Crippen LogP contribution in [0.15, 0.2) is 42.5 Å². The molecule has 3 aromatic heterocycles. The maximum atomic E-state index is 12.5. The average molecular weight is 404 g/mol. The summed E-state index contributed by atoms with van der Waals surface area (Å²) in [6.07, 6.45) is 0. The summed E-state index contributed by atoms with van der Waals surface area (Å²) < 4.78 is 7.38. The molecule has 1 aliphatic heterocycles. The number of anilines is 1. The van der Waals surface area contributed by atoms with Crippen molar-refractivity contribution in [1.82, 2.24) is 24.6 Å². The van der Waals surface area contributed by atoms with Gasteiger partial charge in [0.25, 0.3) is 5.91 Å². The summed E-state index contributed by atoms with van der Waals surface area (Å²) in [6.45, 7) is 5.29. The van der Waals surface area contributed by atoms with Crippen LogP contribution < -0.4 is 10.6 Å². The lowest BCUT2D eigenvalue weighted by Crippen LogP contribution is -2.39. The standard InChI is InChI=1S/C22H24N6O2/c1-23-22(29)16-14-15-6-7-19(24-8-9-27-10-12-30-13-11-27)26-20(15)28-18-5-3-2-4-17(18)25-21(16)28/h2-7,14H,8-13H2,1H3,(H,23,29)(H,24,26). The molecular formula is C22H24N6O2. The Bertz CT molecular complexity index is 1230. The van der Waals surface area contributed by atoms with Gasteiger partial charge in [0.2, 0.25) is 0 Å². The van der Waals surface area contributed by atoms with Gasteiger partial charge in [0.1, 0.15) is 11.5 Å². The summed E-state index contributed by atoms with van der Waals surface area (Å²) in [6, 6.07) is 13.7. The van der Waals surface area contributed by atoms with Gasteiger partial charge in [-0.2, -0.15) is 0 Å². The first-order chi connectivity index (χ1) is 14.7. The lowest BCUT2D eigenvalue weighted by atomic mass is 10.2. The Hall–Kier alpha value is -3.23. The third kappa shape index (κ3) is 3.34. The van der Waals surface area contributed by atoms with Gasteiger partial charge in [-0.15, -0.1) is 0 Å². The molecule has 1 amide bonds. The molecule has 0 aliphatic carbocycles. The van der Waals surface area contributed by atoms with E-state index in [2.05, 4.69) is 15.5 Å². The second kappa shape index (κ2) is 7.89. The highest BCUT2D eigenvalue weighted by atomic mass is 16.5. The Morgan fingerprint density at radius 3 is 2.77 bits per heavy atom. The number of carbonyl (C=O) groups excluding carboxylic acids is 1. The van der Waals surface area contributed by atoms with Crippen molar-refractivity contribution in [1.29, 1.82) is 0 Å². The lowest BCUT2D eigenvalue weighted by molar-refractivity contribution is 0.0398. The smallest absolute Gasteiger partial charge is 0.254 e. The van der Waals surface area contributed by atoms with Crippen LogP contribution >= 0.6 is 0 Å². The zero-order valence-corrected chi connectivity index (χ0v) is 16.9. The van der Waals surface area contributed by atoms with E-state index in [9.17, 15) is 4.79 Å². The van der Waals surface area contributed by atoms with Gasteiger partial charge >= 0.3 is 0 Å². The van der Waals surface area contributed by atoms with Crippen LogP contribution in [0.1, 0.15) is 10.4 Å². The first-order valence-corrected chi connectivity index (χ1v) is 10.2. The third-order valence-corrected chi connectivity index (χ3v) is 5.53. The minimum absolute atomic E-state index is 0.162. The van der Waals surface area contributed by atoms with Crippen molar-refractivity contribution in [3.05, 3.63) is 48.0 Å². The zero-order valence-electron chi connectivity index (χ0n) is 16.9. The fraction of sp³-hybridized carbons (Fsp3) is 0.318. The Kier molecular flexibility index (Phi) is 4.94. The van der Waals surface area contributed by atoms with Crippen LogP contribution in [-0.2, 0) is 4.74 Å². The molecular weight excluding hydrogens is 380 g/mol. The van der Waals surface area contributed by atoms with Crippen molar-refractivity contribution in [2.24, 2.45) is 0 Å². The SMILES string of the molecule is CNC(=O)c1cc2ccc(NCCN3CCOCC3)nc2n2c1nc1ccccc12. The second-order valence-corrected chi connectivity index (χ2v) is 7.39. The van der Waals surface area contributed by atoms with E-state index >= 15 is 0 Å². The number of pyridine rings is 2. The van der Waals surface area contributed by atoms with E-state index in [1.807, 2.05) is 46.9 Å². The Labute approximate surface area is 173 Å². The van der Waals surface area contributed by atoms with Crippen LogP contribution in [0.25, 0.3) is 27.7 Å². The number of morpholine rings is 1. The topological polar surface area (TPSA) is 83.8 Å². The molecule has 0 spiro atoms. The predicted molar refractivity (Wildman–Crippen MR) is 117 cm³/mol. The van der Waals surface area contributed by atoms with Crippen LogP contribution in [0, 0.1) is 0 Å². The summed E-state index contributed by atoms with van der Waals surface area (Å²) in [7, 11) is 1.63. The lowest BCUT2D eigenvalue weighted by Gasteiger charge is -2.26. The molecule has 0 saturated carbocycles. The number of amides is 1. The number of rotatable bonds is 5. The zero-order chi connectivity index (χ0) is 20.5. The van der Waals surface area contributed by atoms with Gasteiger partial charge in [-0.25, -0.2) is 9.97 Å². The number of nitrogens with zero attached hydrogens (tertiary/aromatic N) is 4. The Morgan fingerprint density at radius 2 is 1.93 bits per heavy atom.